The molecule has 0 aromatic heterocycles. The minimum absolute atomic E-state index is 0.358. The van der Waals surface area contributed by atoms with Gasteiger partial charge in [-0.05, 0) is 34.1 Å². The van der Waals surface area contributed by atoms with Gasteiger partial charge in [-0.2, -0.15) is 0 Å². The summed E-state index contributed by atoms with van der Waals surface area (Å²) in [6, 6.07) is 11.3. The number of nitrogens with two attached hydrogens (primary N) is 1. The molecule has 0 saturated carbocycles. The highest BCUT2D eigenvalue weighted by Crippen LogP contribution is 2.29. The molecule has 0 saturated heterocycles. The van der Waals surface area contributed by atoms with E-state index in [4.69, 9.17) is 27.4 Å². The average molecular weight is 367 g/mol. The van der Waals surface area contributed by atoms with Gasteiger partial charge in [0.25, 0.3) is 0 Å². The Bertz CT molecular complexity index is 654. The summed E-state index contributed by atoms with van der Waals surface area (Å²) >= 11 is 8.44. The molecule has 3 N–H and O–H groups in total. The zero-order valence-electron chi connectivity index (χ0n) is 11.6. The van der Waals surface area contributed by atoms with Crippen molar-refractivity contribution in [2.24, 2.45) is 5.73 Å². The predicted octanol–water partition coefficient (Wildman–Crippen LogP) is 3.84. The van der Waals surface area contributed by atoms with Crippen LogP contribution in [0.15, 0.2) is 40.9 Å². The van der Waals surface area contributed by atoms with Crippen LogP contribution >= 0.6 is 28.1 Å². The van der Waals surface area contributed by atoms with Crippen molar-refractivity contribution >= 4 is 44.5 Å². The first-order valence-corrected chi connectivity index (χ1v) is 7.33. The summed E-state index contributed by atoms with van der Waals surface area (Å²) in [4.78, 5) is 0.358. The summed E-state index contributed by atoms with van der Waals surface area (Å²) in [5, 5.41) is 3.29. The maximum absolute atomic E-state index is 5.64. The molecule has 2 rings (SSSR count). The van der Waals surface area contributed by atoms with Gasteiger partial charge in [0.2, 0.25) is 0 Å². The van der Waals surface area contributed by atoms with E-state index in [1.807, 2.05) is 36.4 Å². The first-order chi connectivity index (χ1) is 10.0. The summed E-state index contributed by atoms with van der Waals surface area (Å²) in [6.45, 7) is 0. The molecule has 0 aliphatic rings. The average Bonchev–Trinajstić information content (AvgIpc) is 2.46. The SMILES string of the molecule is COc1cc(Nc2ccc(C(N)=S)c(Br)c2)cc(OC)c1. The minimum Gasteiger partial charge on any atom is -0.497 e. The molecular formula is C15H15BrN2O2S. The van der Waals surface area contributed by atoms with Crippen LogP contribution in [-0.2, 0) is 0 Å². The van der Waals surface area contributed by atoms with Crippen molar-refractivity contribution in [3.05, 3.63) is 46.4 Å². The van der Waals surface area contributed by atoms with Crippen LogP contribution in [0.2, 0.25) is 0 Å². The topological polar surface area (TPSA) is 56.5 Å². The van der Waals surface area contributed by atoms with E-state index in [1.54, 1.807) is 14.2 Å². The first-order valence-electron chi connectivity index (χ1n) is 6.13. The van der Waals surface area contributed by atoms with Crippen LogP contribution in [0.1, 0.15) is 5.56 Å². The molecule has 110 valence electrons. The lowest BCUT2D eigenvalue weighted by Crippen LogP contribution is -2.10. The number of anilines is 2. The molecule has 0 radical (unpaired) electrons. The van der Waals surface area contributed by atoms with E-state index in [0.717, 1.165) is 32.9 Å². The zero-order valence-corrected chi connectivity index (χ0v) is 14.0. The first kappa shape index (κ1) is 15.6. The molecule has 0 fully saturated rings. The summed E-state index contributed by atoms with van der Waals surface area (Å²) in [5.41, 5.74) is 8.21. The monoisotopic (exact) mass is 366 g/mol. The number of hydrogen-bond donors (Lipinski definition) is 2. The van der Waals surface area contributed by atoms with Gasteiger partial charge in [-0.25, -0.2) is 0 Å². The minimum atomic E-state index is 0.358. The Morgan fingerprint density at radius 3 is 2.14 bits per heavy atom. The third kappa shape index (κ3) is 3.86. The molecule has 0 heterocycles. The van der Waals surface area contributed by atoms with Crippen molar-refractivity contribution in [1.29, 1.82) is 0 Å². The summed E-state index contributed by atoms with van der Waals surface area (Å²) in [7, 11) is 3.23. The van der Waals surface area contributed by atoms with Gasteiger partial charge in [0.05, 0.1) is 14.2 Å². The van der Waals surface area contributed by atoms with Crippen molar-refractivity contribution in [2.75, 3.05) is 19.5 Å². The van der Waals surface area contributed by atoms with Crippen LogP contribution in [0.3, 0.4) is 0 Å². The smallest absolute Gasteiger partial charge is 0.124 e. The van der Waals surface area contributed by atoms with E-state index in [-0.39, 0.29) is 0 Å². The Labute approximate surface area is 137 Å². The number of ether oxygens (including phenoxy) is 2. The summed E-state index contributed by atoms with van der Waals surface area (Å²) in [5.74, 6) is 1.44. The maximum Gasteiger partial charge on any atom is 0.124 e. The molecule has 4 nitrogen and oxygen atoms in total. The second kappa shape index (κ2) is 6.78. The second-order valence-electron chi connectivity index (χ2n) is 4.29. The van der Waals surface area contributed by atoms with E-state index < -0.39 is 0 Å². The van der Waals surface area contributed by atoms with Gasteiger partial charge in [0.15, 0.2) is 0 Å². The quantitative estimate of drug-likeness (QED) is 0.787. The molecule has 0 amide bonds. The second-order valence-corrected chi connectivity index (χ2v) is 5.58. The van der Waals surface area contributed by atoms with E-state index in [1.165, 1.54) is 0 Å². The molecule has 0 bridgehead atoms. The van der Waals surface area contributed by atoms with Crippen molar-refractivity contribution in [3.63, 3.8) is 0 Å². The van der Waals surface area contributed by atoms with Crippen molar-refractivity contribution in [3.8, 4) is 11.5 Å². The van der Waals surface area contributed by atoms with Crippen molar-refractivity contribution in [2.45, 2.75) is 0 Å². The molecule has 21 heavy (non-hydrogen) atoms. The van der Waals surface area contributed by atoms with Crippen LogP contribution in [0.4, 0.5) is 11.4 Å². The number of thiocarbonyl (C=S) groups is 1. The van der Waals surface area contributed by atoms with Gasteiger partial charge < -0.3 is 20.5 Å². The van der Waals surface area contributed by atoms with E-state index in [0.29, 0.717) is 4.99 Å². The van der Waals surface area contributed by atoms with Gasteiger partial charge in [-0.1, -0.05) is 12.2 Å². The normalized spacial score (nSPS) is 10.0. The number of hydrogen-bond acceptors (Lipinski definition) is 4. The molecule has 0 unspecified atom stereocenters. The van der Waals surface area contributed by atoms with E-state index in [9.17, 15) is 0 Å². The van der Waals surface area contributed by atoms with Crippen LogP contribution in [0, 0.1) is 0 Å². The Morgan fingerprint density at radius 1 is 1.05 bits per heavy atom. The molecule has 0 aliphatic heterocycles. The number of methoxy groups -OCH3 is 2. The van der Waals surface area contributed by atoms with Crippen molar-refractivity contribution in [1.82, 2.24) is 0 Å². The Hall–Kier alpha value is -1.79. The van der Waals surface area contributed by atoms with Crippen LogP contribution in [-0.4, -0.2) is 19.2 Å². The highest BCUT2D eigenvalue weighted by atomic mass is 79.9. The fraction of sp³-hybridized carbons (Fsp3) is 0.133. The van der Waals surface area contributed by atoms with E-state index in [2.05, 4.69) is 21.2 Å². The van der Waals surface area contributed by atoms with Crippen molar-refractivity contribution < 1.29 is 9.47 Å². The van der Waals surface area contributed by atoms with Gasteiger partial charge in [0.1, 0.15) is 16.5 Å². The molecular weight excluding hydrogens is 352 g/mol. The van der Waals surface area contributed by atoms with Crippen LogP contribution in [0.5, 0.6) is 11.5 Å². The number of rotatable bonds is 5. The zero-order chi connectivity index (χ0) is 15.4. The summed E-state index contributed by atoms with van der Waals surface area (Å²) in [6.07, 6.45) is 0. The fourth-order valence-corrected chi connectivity index (χ4v) is 2.74. The van der Waals surface area contributed by atoms with Gasteiger partial charge in [-0.15, -0.1) is 0 Å². The molecule has 0 spiro atoms. The molecule has 0 aliphatic carbocycles. The Kier molecular flexibility index (Phi) is 5.03. The molecule has 2 aromatic rings. The number of halogens is 1. The molecule has 2 aromatic carbocycles. The van der Waals surface area contributed by atoms with Crippen LogP contribution in [0.25, 0.3) is 0 Å². The lowest BCUT2D eigenvalue weighted by molar-refractivity contribution is 0.395. The number of benzene rings is 2. The van der Waals surface area contributed by atoms with E-state index >= 15 is 0 Å². The maximum atomic E-state index is 5.64. The predicted molar refractivity (Wildman–Crippen MR) is 92.9 cm³/mol. The van der Waals surface area contributed by atoms with Gasteiger partial charge in [-0.3, -0.25) is 0 Å². The lowest BCUT2D eigenvalue weighted by Gasteiger charge is -2.12. The largest absolute Gasteiger partial charge is 0.497 e. The third-order valence-electron chi connectivity index (χ3n) is 2.87. The lowest BCUT2D eigenvalue weighted by atomic mass is 10.2. The van der Waals surface area contributed by atoms with Gasteiger partial charge >= 0.3 is 0 Å². The molecule has 0 atom stereocenters. The standard InChI is InChI=1S/C15H15BrN2O2S/c1-19-11-5-10(6-12(8-11)20-2)18-9-3-4-13(15(17)21)14(16)7-9/h3-8,18H,1-2H3,(H2,17,21). The fourth-order valence-electron chi connectivity index (χ4n) is 1.84. The highest BCUT2D eigenvalue weighted by Gasteiger charge is 2.06. The Morgan fingerprint density at radius 2 is 1.67 bits per heavy atom. The third-order valence-corrected chi connectivity index (χ3v) is 3.75. The molecule has 6 heteroatoms. The Balaban J connectivity index is 2.29. The highest BCUT2D eigenvalue weighted by molar-refractivity contribution is 9.10. The summed E-state index contributed by atoms with van der Waals surface area (Å²) < 4.78 is 11.3. The number of nitrogens with one attached hydrogen (secondary N) is 1. The van der Waals surface area contributed by atoms with Crippen LogP contribution < -0.4 is 20.5 Å². The van der Waals surface area contributed by atoms with Gasteiger partial charge in [0, 0.05) is 39.6 Å².